The number of rotatable bonds is 8. The summed E-state index contributed by atoms with van der Waals surface area (Å²) >= 11 is 3.36. The SMILES string of the molecule is CCCCCCCCc1cc(CBr)no1. The summed E-state index contributed by atoms with van der Waals surface area (Å²) in [7, 11) is 0. The standard InChI is InChI=1S/C12H20BrNO/c1-2-3-4-5-6-7-8-12-9-11(10-13)14-15-12/h9H,2-8,10H2,1H3. The van der Waals surface area contributed by atoms with Crippen molar-refractivity contribution in [1.29, 1.82) is 0 Å². The first kappa shape index (κ1) is 12.8. The van der Waals surface area contributed by atoms with Gasteiger partial charge in [-0.3, -0.25) is 0 Å². The van der Waals surface area contributed by atoms with E-state index in [-0.39, 0.29) is 0 Å². The van der Waals surface area contributed by atoms with Gasteiger partial charge in [-0.25, -0.2) is 0 Å². The molecule has 1 aromatic heterocycles. The molecule has 1 aromatic rings. The zero-order valence-electron chi connectivity index (χ0n) is 9.47. The quantitative estimate of drug-likeness (QED) is 0.516. The molecule has 0 aromatic carbocycles. The lowest BCUT2D eigenvalue weighted by Crippen LogP contribution is -1.83. The van der Waals surface area contributed by atoms with Crippen LogP contribution in [-0.4, -0.2) is 5.16 Å². The average Bonchev–Trinajstić information content (AvgIpc) is 2.71. The molecule has 0 spiro atoms. The fourth-order valence-electron chi connectivity index (χ4n) is 1.62. The Labute approximate surface area is 101 Å². The van der Waals surface area contributed by atoms with Crippen LogP contribution in [-0.2, 0) is 11.8 Å². The summed E-state index contributed by atoms with van der Waals surface area (Å²) in [5, 5.41) is 4.73. The van der Waals surface area contributed by atoms with Crippen molar-refractivity contribution in [2.45, 2.75) is 57.2 Å². The summed E-state index contributed by atoms with van der Waals surface area (Å²) in [6.45, 7) is 2.25. The zero-order chi connectivity index (χ0) is 10.9. The molecular weight excluding hydrogens is 254 g/mol. The summed E-state index contributed by atoms with van der Waals surface area (Å²) in [6.07, 6.45) is 8.98. The van der Waals surface area contributed by atoms with Crippen molar-refractivity contribution in [1.82, 2.24) is 5.16 Å². The number of halogens is 1. The van der Waals surface area contributed by atoms with E-state index in [0.717, 1.165) is 23.2 Å². The highest BCUT2D eigenvalue weighted by Gasteiger charge is 2.02. The molecule has 2 nitrogen and oxygen atoms in total. The summed E-state index contributed by atoms with van der Waals surface area (Å²) in [4.78, 5) is 0. The summed E-state index contributed by atoms with van der Waals surface area (Å²) in [5.41, 5.74) is 0.996. The second kappa shape index (κ2) is 7.91. The fraction of sp³-hybridized carbons (Fsp3) is 0.750. The van der Waals surface area contributed by atoms with Gasteiger partial charge in [-0.1, -0.05) is 60.1 Å². The highest BCUT2D eigenvalue weighted by molar-refractivity contribution is 9.08. The van der Waals surface area contributed by atoms with Crippen LogP contribution >= 0.6 is 15.9 Å². The third kappa shape index (κ3) is 5.36. The van der Waals surface area contributed by atoms with Crippen molar-refractivity contribution in [2.24, 2.45) is 0 Å². The lowest BCUT2D eigenvalue weighted by Gasteiger charge is -1.97. The largest absolute Gasteiger partial charge is 0.361 e. The Bertz CT molecular complexity index is 260. The van der Waals surface area contributed by atoms with Crippen molar-refractivity contribution < 1.29 is 4.52 Å². The number of alkyl halides is 1. The molecule has 0 aliphatic rings. The summed E-state index contributed by atoms with van der Waals surface area (Å²) in [6, 6.07) is 2.04. The molecule has 0 atom stereocenters. The molecule has 1 heterocycles. The van der Waals surface area contributed by atoms with E-state index < -0.39 is 0 Å². The lowest BCUT2D eigenvalue weighted by molar-refractivity contribution is 0.374. The topological polar surface area (TPSA) is 26.0 Å². The molecule has 0 fully saturated rings. The number of unbranched alkanes of at least 4 members (excludes halogenated alkanes) is 5. The Balaban J connectivity index is 2.04. The maximum atomic E-state index is 5.20. The summed E-state index contributed by atoms with van der Waals surface area (Å²) in [5.74, 6) is 1.03. The van der Waals surface area contributed by atoms with E-state index in [1.807, 2.05) is 6.07 Å². The van der Waals surface area contributed by atoms with E-state index in [0.29, 0.717) is 0 Å². The minimum Gasteiger partial charge on any atom is -0.361 e. The van der Waals surface area contributed by atoms with Gasteiger partial charge in [0.25, 0.3) is 0 Å². The number of aromatic nitrogens is 1. The highest BCUT2D eigenvalue weighted by Crippen LogP contribution is 2.12. The summed E-state index contributed by atoms with van der Waals surface area (Å²) < 4.78 is 5.20. The molecule has 3 heteroatoms. The molecule has 86 valence electrons. The molecule has 0 aliphatic heterocycles. The minimum absolute atomic E-state index is 0.785. The van der Waals surface area contributed by atoms with Crippen molar-refractivity contribution >= 4 is 15.9 Å². The fourth-order valence-corrected chi connectivity index (χ4v) is 1.88. The van der Waals surface area contributed by atoms with Gasteiger partial charge in [0.1, 0.15) is 5.76 Å². The minimum atomic E-state index is 0.785. The number of aryl methyl sites for hydroxylation is 1. The van der Waals surface area contributed by atoms with E-state index in [4.69, 9.17) is 4.52 Å². The van der Waals surface area contributed by atoms with Crippen LogP contribution < -0.4 is 0 Å². The monoisotopic (exact) mass is 273 g/mol. The van der Waals surface area contributed by atoms with Gasteiger partial charge in [-0.15, -0.1) is 0 Å². The van der Waals surface area contributed by atoms with Crippen LogP contribution in [0, 0.1) is 0 Å². The average molecular weight is 274 g/mol. The Hall–Kier alpha value is -0.310. The van der Waals surface area contributed by atoms with Gasteiger partial charge < -0.3 is 4.52 Å². The maximum absolute atomic E-state index is 5.20. The molecule has 0 saturated heterocycles. The second-order valence-electron chi connectivity index (χ2n) is 3.94. The van der Waals surface area contributed by atoms with Crippen LogP contribution in [0.1, 0.15) is 56.9 Å². The Morgan fingerprint density at radius 2 is 1.93 bits per heavy atom. The van der Waals surface area contributed by atoms with Gasteiger partial charge in [-0.05, 0) is 6.42 Å². The molecule has 0 aliphatic carbocycles. The third-order valence-electron chi connectivity index (χ3n) is 2.52. The smallest absolute Gasteiger partial charge is 0.137 e. The Morgan fingerprint density at radius 3 is 2.60 bits per heavy atom. The number of hydrogen-bond acceptors (Lipinski definition) is 2. The first-order valence-electron chi connectivity index (χ1n) is 5.87. The van der Waals surface area contributed by atoms with Gasteiger partial charge in [-0.2, -0.15) is 0 Å². The zero-order valence-corrected chi connectivity index (χ0v) is 11.1. The predicted octanol–water partition coefficient (Wildman–Crippen LogP) is 4.47. The maximum Gasteiger partial charge on any atom is 0.137 e. The number of hydrogen-bond donors (Lipinski definition) is 0. The van der Waals surface area contributed by atoms with Gasteiger partial charge in [0.05, 0.1) is 5.69 Å². The van der Waals surface area contributed by atoms with E-state index in [2.05, 4.69) is 28.0 Å². The lowest BCUT2D eigenvalue weighted by atomic mass is 10.1. The van der Waals surface area contributed by atoms with Crippen molar-refractivity contribution in [3.05, 3.63) is 17.5 Å². The second-order valence-corrected chi connectivity index (χ2v) is 4.50. The van der Waals surface area contributed by atoms with Gasteiger partial charge in [0.15, 0.2) is 0 Å². The molecule has 1 rings (SSSR count). The normalized spacial score (nSPS) is 10.8. The molecule has 0 saturated carbocycles. The van der Waals surface area contributed by atoms with Gasteiger partial charge in [0.2, 0.25) is 0 Å². The van der Waals surface area contributed by atoms with Crippen LogP contribution in [0.15, 0.2) is 10.6 Å². The molecule has 0 unspecified atom stereocenters. The van der Waals surface area contributed by atoms with Crippen LogP contribution in [0.3, 0.4) is 0 Å². The van der Waals surface area contributed by atoms with Crippen LogP contribution in [0.2, 0.25) is 0 Å². The van der Waals surface area contributed by atoms with Gasteiger partial charge in [0, 0.05) is 17.8 Å². The third-order valence-corrected chi connectivity index (χ3v) is 3.10. The predicted molar refractivity (Wildman–Crippen MR) is 66.2 cm³/mol. The van der Waals surface area contributed by atoms with Crippen LogP contribution in [0.5, 0.6) is 0 Å². The van der Waals surface area contributed by atoms with Crippen molar-refractivity contribution in [3.8, 4) is 0 Å². The molecule has 0 bridgehead atoms. The highest BCUT2D eigenvalue weighted by atomic mass is 79.9. The van der Waals surface area contributed by atoms with E-state index in [1.165, 1.54) is 38.5 Å². The first-order valence-corrected chi connectivity index (χ1v) is 6.99. The van der Waals surface area contributed by atoms with Crippen molar-refractivity contribution in [3.63, 3.8) is 0 Å². The molecule has 0 amide bonds. The van der Waals surface area contributed by atoms with E-state index >= 15 is 0 Å². The molecule has 0 N–H and O–H groups in total. The Morgan fingerprint density at radius 1 is 1.20 bits per heavy atom. The molecule has 0 radical (unpaired) electrons. The van der Waals surface area contributed by atoms with Crippen LogP contribution in [0.4, 0.5) is 0 Å². The van der Waals surface area contributed by atoms with E-state index in [1.54, 1.807) is 0 Å². The van der Waals surface area contributed by atoms with Crippen LogP contribution in [0.25, 0.3) is 0 Å². The number of nitrogens with zero attached hydrogens (tertiary/aromatic N) is 1. The molecule has 15 heavy (non-hydrogen) atoms. The Kier molecular flexibility index (Phi) is 6.73. The molecular formula is C12H20BrNO. The van der Waals surface area contributed by atoms with Gasteiger partial charge >= 0.3 is 0 Å². The van der Waals surface area contributed by atoms with E-state index in [9.17, 15) is 0 Å². The van der Waals surface area contributed by atoms with Crippen molar-refractivity contribution in [2.75, 3.05) is 0 Å². The first-order chi connectivity index (χ1) is 7.36.